The van der Waals surface area contributed by atoms with Crippen molar-refractivity contribution in [2.75, 3.05) is 5.32 Å². The molecule has 2 N–H and O–H groups in total. The number of H-pyrrole nitrogens is 1. The minimum Gasteiger partial charge on any atom is -0.361 e. The highest BCUT2D eigenvalue weighted by molar-refractivity contribution is 6.02. The normalized spacial score (nSPS) is 13.5. The fourth-order valence-corrected chi connectivity index (χ4v) is 3.15. The molecule has 0 saturated heterocycles. The number of amides is 1. The lowest BCUT2D eigenvalue weighted by Crippen LogP contribution is -2.03. The quantitative estimate of drug-likeness (QED) is 0.694. The van der Waals surface area contributed by atoms with Crippen molar-refractivity contribution in [2.24, 2.45) is 0 Å². The van der Waals surface area contributed by atoms with E-state index in [0.29, 0.717) is 6.42 Å². The Morgan fingerprint density at radius 1 is 1.05 bits per heavy atom. The van der Waals surface area contributed by atoms with Crippen molar-refractivity contribution in [1.82, 2.24) is 4.98 Å². The standard InChI is InChI=1S/C18H16N2O/c1-10-3-4-16-14(5-10)15(9-19-16)13-8-17-12(6-11(13)2)7-18(21)20-17/h3-6,8-9,19H,7H2,1-2H3,(H,20,21). The first-order chi connectivity index (χ1) is 10.1. The van der Waals surface area contributed by atoms with E-state index in [-0.39, 0.29) is 5.91 Å². The van der Waals surface area contributed by atoms with Crippen molar-refractivity contribution in [3.8, 4) is 11.1 Å². The summed E-state index contributed by atoms with van der Waals surface area (Å²) in [5.41, 5.74) is 7.99. The number of carbonyl (C=O) groups is 1. The van der Waals surface area contributed by atoms with E-state index in [9.17, 15) is 4.79 Å². The highest BCUT2D eigenvalue weighted by atomic mass is 16.1. The summed E-state index contributed by atoms with van der Waals surface area (Å²) < 4.78 is 0. The van der Waals surface area contributed by atoms with E-state index in [4.69, 9.17) is 0 Å². The zero-order chi connectivity index (χ0) is 14.6. The van der Waals surface area contributed by atoms with Gasteiger partial charge in [-0.2, -0.15) is 0 Å². The van der Waals surface area contributed by atoms with E-state index in [2.05, 4.69) is 60.7 Å². The zero-order valence-electron chi connectivity index (χ0n) is 12.1. The van der Waals surface area contributed by atoms with E-state index in [1.54, 1.807) is 0 Å². The second-order valence-electron chi connectivity index (χ2n) is 5.80. The number of rotatable bonds is 1. The van der Waals surface area contributed by atoms with Crippen LogP contribution in [0.15, 0.2) is 36.5 Å². The highest BCUT2D eigenvalue weighted by Gasteiger charge is 2.20. The Morgan fingerprint density at radius 2 is 1.90 bits per heavy atom. The number of hydrogen-bond acceptors (Lipinski definition) is 1. The van der Waals surface area contributed by atoms with Crippen LogP contribution in [0.25, 0.3) is 22.0 Å². The van der Waals surface area contributed by atoms with Crippen LogP contribution >= 0.6 is 0 Å². The van der Waals surface area contributed by atoms with Crippen LogP contribution in [0, 0.1) is 13.8 Å². The van der Waals surface area contributed by atoms with Gasteiger partial charge in [0.2, 0.25) is 5.91 Å². The van der Waals surface area contributed by atoms with E-state index in [1.807, 2.05) is 0 Å². The summed E-state index contributed by atoms with van der Waals surface area (Å²) in [7, 11) is 0. The molecule has 3 heteroatoms. The molecule has 3 nitrogen and oxygen atoms in total. The van der Waals surface area contributed by atoms with Crippen molar-refractivity contribution >= 4 is 22.5 Å². The summed E-state index contributed by atoms with van der Waals surface area (Å²) >= 11 is 0. The van der Waals surface area contributed by atoms with Crippen LogP contribution in [0.5, 0.6) is 0 Å². The average Bonchev–Trinajstić information content (AvgIpc) is 2.99. The van der Waals surface area contributed by atoms with Crippen LogP contribution in [-0.4, -0.2) is 10.9 Å². The Labute approximate surface area is 123 Å². The Balaban J connectivity index is 1.95. The number of benzene rings is 2. The fraction of sp³-hybridized carbons (Fsp3) is 0.167. The maximum atomic E-state index is 11.5. The molecule has 2 heterocycles. The first-order valence-corrected chi connectivity index (χ1v) is 7.13. The van der Waals surface area contributed by atoms with Crippen LogP contribution in [0.3, 0.4) is 0 Å². The predicted octanol–water partition coefficient (Wildman–Crippen LogP) is 3.95. The lowest BCUT2D eigenvalue weighted by atomic mass is 9.96. The molecule has 0 spiro atoms. The van der Waals surface area contributed by atoms with Crippen LogP contribution in [0.1, 0.15) is 16.7 Å². The minimum absolute atomic E-state index is 0.0799. The monoisotopic (exact) mass is 276 g/mol. The number of fused-ring (bicyclic) bond motifs is 2. The number of aryl methyl sites for hydroxylation is 2. The van der Waals surface area contributed by atoms with Gasteiger partial charge in [0.15, 0.2) is 0 Å². The SMILES string of the molecule is Cc1ccc2[nH]cc(-c3cc4c(cc3C)CC(=O)N4)c2c1. The largest absolute Gasteiger partial charge is 0.361 e. The van der Waals surface area contributed by atoms with E-state index in [0.717, 1.165) is 16.8 Å². The van der Waals surface area contributed by atoms with Gasteiger partial charge in [0.05, 0.1) is 6.42 Å². The van der Waals surface area contributed by atoms with Gasteiger partial charge in [0.25, 0.3) is 0 Å². The average molecular weight is 276 g/mol. The maximum Gasteiger partial charge on any atom is 0.228 e. The van der Waals surface area contributed by atoms with Crippen molar-refractivity contribution in [3.63, 3.8) is 0 Å². The molecule has 4 rings (SSSR count). The Bertz CT molecular complexity index is 890. The second kappa shape index (κ2) is 4.22. The van der Waals surface area contributed by atoms with Gasteiger partial charge < -0.3 is 10.3 Å². The number of hydrogen-bond donors (Lipinski definition) is 2. The number of anilines is 1. The fourth-order valence-electron chi connectivity index (χ4n) is 3.15. The van der Waals surface area contributed by atoms with Crippen LogP contribution in [0.4, 0.5) is 5.69 Å². The first kappa shape index (κ1) is 12.2. The molecule has 0 bridgehead atoms. The molecule has 1 amide bonds. The lowest BCUT2D eigenvalue weighted by molar-refractivity contribution is -0.115. The summed E-state index contributed by atoms with van der Waals surface area (Å²) in [6, 6.07) is 10.6. The smallest absolute Gasteiger partial charge is 0.228 e. The van der Waals surface area contributed by atoms with Gasteiger partial charge in [0, 0.05) is 28.4 Å². The van der Waals surface area contributed by atoms with Crippen molar-refractivity contribution < 1.29 is 4.79 Å². The molecule has 2 aromatic carbocycles. The third kappa shape index (κ3) is 1.85. The molecule has 1 aliphatic rings. The summed E-state index contributed by atoms with van der Waals surface area (Å²) in [6.07, 6.45) is 2.54. The van der Waals surface area contributed by atoms with Crippen molar-refractivity contribution in [3.05, 3.63) is 53.2 Å². The van der Waals surface area contributed by atoms with Gasteiger partial charge in [-0.3, -0.25) is 4.79 Å². The molecule has 0 unspecified atom stereocenters. The van der Waals surface area contributed by atoms with Gasteiger partial charge in [-0.25, -0.2) is 0 Å². The predicted molar refractivity (Wildman–Crippen MR) is 85.5 cm³/mol. The molecule has 21 heavy (non-hydrogen) atoms. The van der Waals surface area contributed by atoms with Crippen LogP contribution < -0.4 is 5.32 Å². The zero-order valence-corrected chi connectivity index (χ0v) is 12.1. The summed E-state index contributed by atoms with van der Waals surface area (Å²) in [5, 5.41) is 4.16. The summed E-state index contributed by atoms with van der Waals surface area (Å²) in [4.78, 5) is 14.9. The Morgan fingerprint density at radius 3 is 2.76 bits per heavy atom. The van der Waals surface area contributed by atoms with Gasteiger partial charge in [-0.05, 0) is 48.7 Å². The lowest BCUT2D eigenvalue weighted by Gasteiger charge is -2.08. The van der Waals surface area contributed by atoms with Crippen LogP contribution in [0.2, 0.25) is 0 Å². The number of aromatic amines is 1. The highest BCUT2D eigenvalue weighted by Crippen LogP contribution is 2.36. The number of nitrogens with one attached hydrogen (secondary N) is 2. The maximum absolute atomic E-state index is 11.5. The molecule has 0 radical (unpaired) electrons. The van der Waals surface area contributed by atoms with Crippen LogP contribution in [-0.2, 0) is 11.2 Å². The first-order valence-electron chi connectivity index (χ1n) is 7.13. The van der Waals surface area contributed by atoms with E-state index >= 15 is 0 Å². The summed E-state index contributed by atoms with van der Waals surface area (Å²) in [6.45, 7) is 4.21. The molecule has 1 aliphatic heterocycles. The third-order valence-electron chi connectivity index (χ3n) is 4.20. The van der Waals surface area contributed by atoms with E-state index in [1.165, 1.54) is 27.6 Å². The van der Waals surface area contributed by atoms with E-state index < -0.39 is 0 Å². The molecule has 0 fully saturated rings. The third-order valence-corrected chi connectivity index (χ3v) is 4.20. The van der Waals surface area contributed by atoms with Crippen molar-refractivity contribution in [2.45, 2.75) is 20.3 Å². The molecule has 0 saturated carbocycles. The van der Waals surface area contributed by atoms with Gasteiger partial charge in [-0.15, -0.1) is 0 Å². The van der Waals surface area contributed by atoms with Gasteiger partial charge >= 0.3 is 0 Å². The number of carbonyl (C=O) groups excluding carboxylic acids is 1. The Hall–Kier alpha value is -2.55. The topological polar surface area (TPSA) is 44.9 Å². The molecule has 1 aromatic heterocycles. The second-order valence-corrected chi connectivity index (χ2v) is 5.80. The molecular formula is C18H16N2O. The van der Waals surface area contributed by atoms with Gasteiger partial charge in [-0.1, -0.05) is 17.7 Å². The molecule has 104 valence electrons. The Kier molecular flexibility index (Phi) is 2.45. The molecule has 0 atom stereocenters. The van der Waals surface area contributed by atoms with Gasteiger partial charge in [0.1, 0.15) is 0 Å². The molecular weight excluding hydrogens is 260 g/mol. The molecule has 0 aliphatic carbocycles. The summed E-state index contributed by atoms with van der Waals surface area (Å²) in [5.74, 6) is 0.0799. The minimum atomic E-state index is 0.0799. The molecule has 3 aromatic rings. The number of aromatic nitrogens is 1. The van der Waals surface area contributed by atoms with Crippen molar-refractivity contribution in [1.29, 1.82) is 0 Å².